The molecule has 35 heteroatoms. The van der Waals surface area contributed by atoms with Gasteiger partial charge in [0.15, 0.2) is 0 Å². The number of hydrogen-bond acceptors (Lipinski definition) is 18. The summed E-state index contributed by atoms with van der Waals surface area (Å²) in [4.78, 5) is 214. The molecule has 2 aliphatic rings. The van der Waals surface area contributed by atoms with Crippen molar-refractivity contribution in [2.24, 2.45) is 11.7 Å². The number of hydrogen-bond donors (Lipinski definition) is 17. The highest BCUT2D eigenvalue weighted by Crippen LogP contribution is 2.23. The summed E-state index contributed by atoms with van der Waals surface area (Å²) in [6.45, 7) is 9.90. The summed E-state index contributed by atoms with van der Waals surface area (Å²) in [6, 6.07) is 18.6. The first-order valence-electron chi connectivity index (χ1n) is 39.6. The van der Waals surface area contributed by atoms with Gasteiger partial charge in [-0.05, 0) is 132 Å². The molecule has 3 heterocycles. The Morgan fingerprint density at radius 1 is 0.563 bits per heavy atom. The van der Waals surface area contributed by atoms with Crippen molar-refractivity contribution in [3.8, 4) is 0 Å². The highest BCUT2D eigenvalue weighted by atomic mass is 35.5. The number of nitrogens with zero attached hydrogens (tertiary/aromatic N) is 2. The van der Waals surface area contributed by atoms with Crippen LogP contribution in [0.1, 0.15) is 120 Å². The third-order valence-corrected chi connectivity index (χ3v) is 20.2. The molecule has 0 saturated carbocycles. The van der Waals surface area contributed by atoms with Crippen molar-refractivity contribution in [1.29, 1.82) is 0 Å². The van der Waals surface area contributed by atoms with Gasteiger partial charge >= 0.3 is 12.1 Å². The van der Waals surface area contributed by atoms with E-state index in [-0.39, 0.29) is 82.1 Å². The van der Waals surface area contributed by atoms with E-state index in [0.29, 0.717) is 64.2 Å². The molecule has 8 rings (SSSR count). The second-order valence-corrected chi connectivity index (χ2v) is 30.8. The molecule has 2 saturated heterocycles. The van der Waals surface area contributed by atoms with Gasteiger partial charge in [-0.2, -0.15) is 0 Å². The summed E-state index contributed by atoms with van der Waals surface area (Å²) < 4.78 is 0. The maximum absolute atomic E-state index is 15.5. The van der Waals surface area contributed by atoms with Gasteiger partial charge in [0.25, 0.3) is 0 Å². The van der Waals surface area contributed by atoms with Gasteiger partial charge in [0.2, 0.25) is 76.8 Å². The maximum Gasteiger partial charge on any atom is 0.322 e. The van der Waals surface area contributed by atoms with Gasteiger partial charge in [-0.15, -0.1) is 0 Å². The minimum atomic E-state index is -1.92. The molecule has 11 atom stereocenters. The predicted molar refractivity (Wildman–Crippen MR) is 442 cm³/mol. The summed E-state index contributed by atoms with van der Waals surface area (Å²) in [5.41, 5.74) is 8.64. The smallest absolute Gasteiger partial charge is 0.322 e. The van der Waals surface area contributed by atoms with Crippen LogP contribution < -0.4 is 85.5 Å². The first-order valence-corrected chi connectivity index (χ1v) is 40.0. The number of fused-ring (bicyclic) bond motifs is 1. The lowest BCUT2D eigenvalue weighted by atomic mass is 9.99. The Balaban J connectivity index is 1.10. The van der Waals surface area contributed by atoms with Crippen LogP contribution in [-0.2, 0) is 101 Å². The van der Waals surface area contributed by atoms with Gasteiger partial charge in [0.05, 0.1) is 13.0 Å². The largest absolute Gasteiger partial charge is 0.394 e. The van der Waals surface area contributed by atoms with E-state index in [9.17, 15) is 48.3 Å². The van der Waals surface area contributed by atoms with E-state index in [0.717, 1.165) is 10.8 Å². The average molecular weight is 1660 g/mol. The first-order chi connectivity index (χ1) is 56.8. The fourth-order valence-electron chi connectivity index (χ4n) is 13.6. The van der Waals surface area contributed by atoms with Crippen molar-refractivity contribution in [1.82, 2.24) is 84.3 Å². The topological polar surface area (TPSA) is 499 Å². The molecule has 0 bridgehead atoms. The Morgan fingerprint density at radius 3 is 1.61 bits per heavy atom. The third kappa shape index (κ3) is 29.3. The molecule has 17 amide bonds. The Kier molecular flexibility index (Phi) is 35.1. The number of rotatable bonds is 42. The number of aliphatic hydroxyl groups excluding tert-OH is 1. The van der Waals surface area contributed by atoms with Crippen molar-refractivity contribution in [3.63, 3.8) is 0 Å². The predicted octanol–water partition coefficient (Wildman–Crippen LogP) is 1.45. The molecule has 2 fully saturated rings. The number of benzene rings is 5. The minimum absolute atomic E-state index is 0.00678. The van der Waals surface area contributed by atoms with Gasteiger partial charge in [-0.3, -0.25) is 72.6 Å². The highest BCUT2D eigenvalue weighted by Gasteiger charge is 2.41. The number of likely N-dealkylation sites (tertiary alicyclic amines) is 1. The van der Waals surface area contributed by atoms with Crippen LogP contribution in [0.2, 0.25) is 5.02 Å². The summed E-state index contributed by atoms with van der Waals surface area (Å²) in [5, 5.41) is 53.3. The second kappa shape index (κ2) is 45.3. The maximum atomic E-state index is 15.5. The summed E-state index contributed by atoms with van der Waals surface area (Å²) >= 11 is 6.28. The Labute approximate surface area is 694 Å². The fraction of sp³-hybridized carbons (Fsp3) is 0.429. The lowest BCUT2D eigenvalue weighted by Crippen LogP contribution is -2.62. The number of primary amides is 1. The van der Waals surface area contributed by atoms with E-state index in [2.05, 4.69) is 84.7 Å². The number of anilines is 1. The number of aromatic nitrogens is 1. The standard InChI is InChI=1S/C84H107ClN18O16/c1-47(2)36-62(74(109)94-61(17-10-11-34-89-48(3)4)82(117)103-35-13-18-70(103)81(116)91-49(5)72(86)107)95-76(111)64(38-51-19-21-54(22-20-51)45-90-83(118)87-7)97-78(113)66(40-53-26-31-60(32-27-53)93-73(108)68-43-71(106)102-84(119)101-68)99-80(115)69(46-104)100-79(114)67(42-56-14-12-33-88-44-56)98-77(112)65(39-52-24-29-59(85)30-25-52)96-75(110)63(92-50(6)105)41-55-23-28-57-15-8-9-16-58(57)37-55/h8-9,12,14-16,19-33,37,44,47-49,61-70,89,104H,10-11,13,17-18,34-36,38-43,45-46H2,1-7H3,(H2,86,107)(H,91,116)(H,92,105)(H,93,108)(H,94,109)(H,95,111)(H,96,110)(H,97,113)(H,98,112)(H,99,115)(H,100,114)(H2,87,90,118)(H2,101,102,106,119)/t49-,61+,62+,63-,64-,65-,66+,67-,68+,69+,70+/m1/s1. The highest BCUT2D eigenvalue weighted by molar-refractivity contribution is 6.30. The number of carbonyl (C=O) groups is 15. The van der Waals surface area contributed by atoms with Crippen molar-refractivity contribution < 1.29 is 77.0 Å². The SMILES string of the molecule is CNC(=O)NCc1ccc(C[C@@H](NC(=O)[C@H](Cc2ccc(NC(=O)[C@@H]3CC(=O)NC(=O)N3)cc2)NC(=O)[C@H](CO)NC(=O)[C@@H](Cc2cccnc2)NC(=O)[C@@H](Cc2ccc(Cl)cc2)NC(=O)[C@@H](Cc2ccc3ccccc3c2)NC(C)=O)C(=O)N[C@@H](CC(C)C)C(=O)N[C@@H](CCCCNC(C)C)C(=O)N2CCC[C@H]2C(=O)N[C@H](C)C(N)=O)cc1. The Hall–Kier alpha value is -12.4. The Bertz CT molecular complexity index is 4560. The van der Waals surface area contributed by atoms with Gasteiger partial charge < -0.3 is 90.2 Å². The molecule has 5 aromatic carbocycles. The second-order valence-electron chi connectivity index (χ2n) is 30.3. The number of carbonyl (C=O) groups excluding carboxylic acids is 15. The number of pyridine rings is 1. The number of aliphatic hydroxyl groups is 1. The zero-order valence-electron chi connectivity index (χ0n) is 67.5. The summed E-state index contributed by atoms with van der Waals surface area (Å²) in [7, 11) is 1.45. The van der Waals surface area contributed by atoms with E-state index < -0.39 is 168 Å². The molecule has 1 aromatic heterocycles. The third-order valence-electron chi connectivity index (χ3n) is 19.9. The van der Waals surface area contributed by atoms with Crippen LogP contribution in [0.4, 0.5) is 15.3 Å². The number of amides is 17. The molecule has 6 aromatic rings. The number of urea groups is 2. The molecule has 0 aliphatic carbocycles. The van der Waals surface area contributed by atoms with Crippen molar-refractivity contribution in [2.75, 3.05) is 32.1 Å². The van der Waals surface area contributed by atoms with Gasteiger partial charge in [-0.1, -0.05) is 136 Å². The lowest BCUT2D eigenvalue weighted by molar-refractivity contribution is -0.142. The molecular weight excluding hydrogens is 1550 g/mol. The summed E-state index contributed by atoms with van der Waals surface area (Å²) in [6.07, 6.45) is 3.17. The molecule has 0 spiro atoms. The number of halogens is 1. The number of imide groups is 1. The molecule has 0 unspecified atom stereocenters. The molecule has 119 heavy (non-hydrogen) atoms. The van der Waals surface area contributed by atoms with Gasteiger partial charge in [0.1, 0.15) is 66.5 Å². The zero-order valence-corrected chi connectivity index (χ0v) is 68.3. The Morgan fingerprint density at radius 2 is 1.07 bits per heavy atom. The van der Waals surface area contributed by atoms with Gasteiger partial charge in [-0.25, -0.2) is 9.59 Å². The zero-order chi connectivity index (χ0) is 86.4. The quantitative estimate of drug-likeness (QED) is 0.0241. The number of unbranched alkanes of at least 4 members (excludes halogenated alkanes) is 1. The van der Waals surface area contributed by atoms with Crippen molar-refractivity contribution in [2.45, 2.75) is 198 Å². The normalized spacial score (nSPS) is 16.0. The number of nitrogens with one attached hydrogen (secondary N) is 15. The molecule has 0 radical (unpaired) electrons. The molecule has 2 aliphatic heterocycles. The van der Waals surface area contributed by atoms with E-state index in [1.165, 1.54) is 62.5 Å². The van der Waals surface area contributed by atoms with Crippen LogP contribution in [0.3, 0.4) is 0 Å². The van der Waals surface area contributed by atoms with E-state index >= 15 is 28.8 Å². The van der Waals surface area contributed by atoms with Crippen LogP contribution in [0.25, 0.3) is 10.8 Å². The number of nitrogens with two attached hydrogens (primary N) is 1. The minimum Gasteiger partial charge on any atom is -0.394 e. The fourth-order valence-corrected chi connectivity index (χ4v) is 13.7. The van der Waals surface area contributed by atoms with E-state index in [4.69, 9.17) is 17.3 Å². The molecule has 18 N–H and O–H groups in total. The van der Waals surface area contributed by atoms with Crippen molar-refractivity contribution >= 4 is 117 Å². The summed E-state index contributed by atoms with van der Waals surface area (Å²) in [5.74, 6) is -10.9. The van der Waals surface area contributed by atoms with Crippen LogP contribution in [0.15, 0.2) is 140 Å². The van der Waals surface area contributed by atoms with E-state index in [1.807, 2.05) is 56.3 Å². The average Bonchev–Trinajstić information content (AvgIpc) is 1.76. The van der Waals surface area contributed by atoms with Crippen LogP contribution >= 0.6 is 11.6 Å². The van der Waals surface area contributed by atoms with Gasteiger partial charge in [0, 0.05) is 88.3 Å². The molecular formula is C84H107ClN18O16. The molecule has 34 nitrogen and oxygen atoms in total. The molecule has 636 valence electrons. The first kappa shape index (κ1) is 92.1. The van der Waals surface area contributed by atoms with E-state index in [1.54, 1.807) is 74.5 Å². The lowest BCUT2D eigenvalue weighted by Gasteiger charge is -2.31. The van der Waals surface area contributed by atoms with Crippen molar-refractivity contribution in [3.05, 3.63) is 178 Å². The van der Waals surface area contributed by atoms with Crippen LogP contribution in [-0.4, -0.2) is 203 Å². The van der Waals surface area contributed by atoms with Crippen LogP contribution in [0, 0.1) is 5.92 Å². The monoisotopic (exact) mass is 1660 g/mol. The van der Waals surface area contributed by atoms with Crippen LogP contribution in [0.5, 0.6) is 0 Å².